The third kappa shape index (κ3) is 3.86. The van der Waals surface area contributed by atoms with Gasteiger partial charge >= 0.3 is 0 Å². The first kappa shape index (κ1) is 21.8. The van der Waals surface area contributed by atoms with E-state index in [0.717, 1.165) is 46.6 Å². The molecule has 33 heavy (non-hydrogen) atoms. The Morgan fingerprint density at radius 3 is 2.76 bits per heavy atom. The molecular formula is C27H29N3O2S. The molecule has 170 valence electrons. The summed E-state index contributed by atoms with van der Waals surface area (Å²) >= 11 is 1.74. The van der Waals surface area contributed by atoms with E-state index in [9.17, 15) is 4.79 Å². The first-order valence-electron chi connectivity index (χ1n) is 11.5. The lowest BCUT2D eigenvalue weighted by Gasteiger charge is -2.18. The number of rotatable bonds is 5. The summed E-state index contributed by atoms with van der Waals surface area (Å²) in [6, 6.07) is 8.35. The van der Waals surface area contributed by atoms with Crippen LogP contribution in [0, 0.1) is 33.6 Å². The normalized spacial score (nSPS) is 15.6. The smallest absolute Gasteiger partial charge is 0.226 e. The minimum absolute atomic E-state index is 0.0373. The number of benzene rings is 1. The number of ketones is 1. The van der Waals surface area contributed by atoms with Crippen LogP contribution in [0.1, 0.15) is 56.7 Å². The second-order valence-corrected chi connectivity index (χ2v) is 10.4. The molecule has 0 radical (unpaired) electrons. The Kier molecular flexibility index (Phi) is 5.57. The lowest BCUT2D eigenvalue weighted by molar-refractivity contribution is 0.0918. The minimum Gasteiger partial charge on any atom is -0.469 e. The van der Waals surface area contributed by atoms with Gasteiger partial charge in [-0.2, -0.15) is 0 Å². The minimum atomic E-state index is -0.0392. The molecule has 4 aromatic rings. The average Bonchev–Trinajstić information content (AvgIpc) is 3.30. The van der Waals surface area contributed by atoms with Gasteiger partial charge in [0.2, 0.25) is 11.7 Å². The van der Waals surface area contributed by atoms with Crippen LogP contribution < -0.4 is 4.74 Å². The van der Waals surface area contributed by atoms with Gasteiger partial charge in [-0.05, 0) is 87.8 Å². The lowest BCUT2D eigenvalue weighted by Crippen LogP contribution is -2.14. The van der Waals surface area contributed by atoms with Gasteiger partial charge in [-0.15, -0.1) is 11.3 Å². The van der Waals surface area contributed by atoms with E-state index >= 15 is 0 Å². The molecule has 0 amide bonds. The van der Waals surface area contributed by atoms with Gasteiger partial charge in [0, 0.05) is 27.5 Å². The van der Waals surface area contributed by atoms with Crippen molar-refractivity contribution in [3.8, 4) is 11.6 Å². The van der Waals surface area contributed by atoms with E-state index in [2.05, 4.69) is 53.5 Å². The number of Topliss-reactive ketones (excluding diaryl/α,β-unsaturated/α-hetero) is 1. The van der Waals surface area contributed by atoms with Crippen LogP contribution in [0.15, 0.2) is 30.6 Å². The van der Waals surface area contributed by atoms with Gasteiger partial charge in [0.15, 0.2) is 6.61 Å². The average molecular weight is 460 g/mol. The number of aryl methyl sites for hydroxylation is 4. The van der Waals surface area contributed by atoms with Crippen LogP contribution in [-0.2, 0) is 12.8 Å². The Morgan fingerprint density at radius 1 is 1.15 bits per heavy atom. The Bertz CT molecular complexity index is 1380. The number of aromatic nitrogens is 3. The highest BCUT2D eigenvalue weighted by Gasteiger charge is 2.24. The molecule has 1 unspecified atom stereocenters. The summed E-state index contributed by atoms with van der Waals surface area (Å²) in [5.41, 5.74) is 7.53. The van der Waals surface area contributed by atoms with Crippen LogP contribution in [0.5, 0.6) is 5.88 Å². The molecule has 5 rings (SSSR count). The van der Waals surface area contributed by atoms with Crippen molar-refractivity contribution in [1.82, 2.24) is 14.5 Å². The second kappa shape index (κ2) is 8.41. The maximum Gasteiger partial charge on any atom is 0.226 e. The van der Waals surface area contributed by atoms with Gasteiger partial charge in [0.1, 0.15) is 11.2 Å². The van der Waals surface area contributed by atoms with Crippen molar-refractivity contribution in [1.29, 1.82) is 0 Å². The van der Waals surface area contributed by atoms with E-state index in [4.69, 9.17) is 4.74 Å². The zero-order chi connectivity index (χ0) is 23.3. The fourth-order valence-electron chi connectivity index (χ4n) is 4.87. The Balaban J connectivity index is 1.41. The topological polar surface area (TPSA) is 57.0 Å². The first-order chi connectivity index (χ1) is 15.8. The molecule has 1 aliphatic rings. The van der Waals surface area contributed by atoms with Gasteiger partial charge < -0.3 is 9.30 Å². The van der Waals surface area contributed by atoms with Crippen LogP contribution in [0.2, 0.25) is 0 Å². The molecule has 3 heterocycles. The summed E-state index contributed by atoms with van der Waals surface area (Å²) in [4.78, 5) is 24.4. The molecule has 0 spiro atoms. The highest BCUT2D eigenvalue weighted by molar-refractivity contribution is 7.18. The standard InChI is InChI=1S/C27H29N3O2S/c1-15-6-9-21-24(10-15)33-27-25(21)26(28-14-29-27)32-13-23(31)22-12-18(4)30(19(22)5)20-8-7-16(2)17(3)11-20/h7-8,11-12,14-15H,6,9-10,13H2,1-5H3. The zero-order valence-corrected chi connectivity index (χ0v) is 20.7. The molecule has 0 saturated carbocycles. The Morgan fingerprint density at radius 2 is 1.97 bits per heavy atom. The Hall–Kier alpha value is -2.99. The molecular weight excluding hydrogens is 430 g/mol. The summed E-state index contributed by atoms with van der Waals surface area (Å²) in [5, 5.41) is 0.998. The predicted octanol–water partition coefficient (Wildman–Crippen LogP) is 6.10. The summed E-state index contributed by atoms with van der Waals surface area (Å²) in [7, 11) is 0. The largest absolute Gasteiger partial charge is 0.469 e. The summed E-state index contributed by atoms with van der Waals surface area (Å²) in [6.45, 7) is 10.5. The van der Waals surface area contributed by atoms with Crippen LogP contribution in [0.3, 0.4) is 0 Å². The van der Waals surface area contributed by atoms with Crippen molar-refractivity contribution < 1.29 is 9.53 Å². The third-order valence-electron chi connectivity index (χ3n) is 6.88. The summed E-state index contributed by atoms with van der Waals surface area (Å²) < 4.78 is 8.17. The highest BCUT2D eigenvalue weighted by atomic mass is 32.1. The van der Waals surface area contributed by atoms with Crippen LogP contribution >= 0.6 is 11.3 Å². The molecule has 1 aromatic carbocycles. The monoisotopic (exact) mass is 459 g/mol. The number of carbonyl (C=O) groups is 1. The maximum atomic E-state index is 13.2. The fraction of sp³-hybridized carbons (Fsp3) is 0.370. The maximum absolute atomic E-state index is 13.2. The summed E-state index contributed by atoms with van der Waals surface area (Å²) in [6.07, 6.45) is 4.81. The molecule has 1 atom stereocenters. The quantitative estimate of drug-likeness (QED) is 0.338. The van der Waals surface area contributed by atoms with Gasteiger partial charge in [-0.1, -0.05) is 13.0 Å². The van der Waals surface area contributed by atoms with E-state index in [-0.39, 0.29) is 12.4 Å². The number of hydrogen-bond acceptors (Lipinski definition) is 5. The van der Waals surface area contributed by atoms with Gasteiger partial charge in [0.05, 0.1) is 5.39 Å². The molecule has 3 aromatic heterocycles. The van der Waals surface area contributed by atoms with Gasteiger partial charge in [0.25, 0.3) is 0 Å². The SMILES string of the molecule is Cc1ccc(-n2c(C)cc(C(=O)COc3ncnc4sc5c(c34)CCC(C)C5)c2C)cc1C. The first-order valence-corrected chi connectivity index (χ1v) is 12.3. The number of carbonyl (C=O) groups excluding carboxylic acids is 1. The van der Waals surface area contributed by atoms with Crippen LogP contribution in [0.4, 0.5) is 0 Å². The third-order valence-corrected chi connectivity index (χ3v) is 8.04. The van der Waals surface area contributed by atoms with Crippen molar-refractivity contribution in [2.75, 3.05) is 6.61 Å². The molecule has 1 aliphatic carbocycles. The number of ether oxygens (including phenoxy) is 1. The number of thiophene rings is 1. The molecule has 0 fully saturated rings. The van der Waals surface area contributed by atoms with E-state index < -0.39 is 0 Å². The lowest BCUT2D eigenvalue weighted by atomic mass is 9.89. The van der Waals surface area contributed by atoms with Gasteiger partial charge in [-0.25, -0.2) is 9.97 Å². The molecule has 6 heteroatoms. The number of hydrogen-bond donors (Lipinski definition) is 0. The van der Waals surface area contributed by atoms with Crippen molar-refractivity contribution >= 4 is 27.3 Å². The Labute approximate surface area is 198 Å². The van der Waals surface area contributed by atoms with Crippen molar-refractivity contribution in [3.63, 3.8) is 0 Å². The highest BCUT2D eigenvalue weighted by Crippen LogP contribution is 2.40. The van der Waals surface area contributed by atoms with Crippen LogP contribution in [-0.4, -0.2) is 26.9 Å². The predicted molar refractivity (Wildman–Crippen MR) is 133 cm³/mol. The fourth-order valence-corrected chi connectivity index (χ4v) is 6.22. The van der Waals surface area contributed by atoms with E-state index in [0.29, 0.717) is 17.4 Å². The van der Waals surface area contributed by atoms with Gasteiger partial charge in [-0.3, -0.25) is 4.79 Å². The number of fused-ring (bicyclic) bond motifs is 3. The van der Waals surface area contributed by atoms with E-state index in [1.54, 1.807) is 17.7 Å². The van der Waals surface area contributed by atoms with E-state index in [1.165, 1.54) is 21.6 Å². The summed E-state index contributed by atoms with van der Waals surface area (Å²) in [5.74, 6) is 1.18. The molecule has 0 saturated heterocycles. The van der Waals surface area contributed by atoms with Crippen molar-refractivity contribution in [2.45, 2.75) is 53.9 Å². The molecule has 0 bridgehead atoms. The van der Waals surface area contributed by atoms with Crippen LogP contribution in [0.25, 0.3) is 15.9 Å². The van der Waals surface area contributed by atoms with E-state index in [1.807, 2.05) is 19.9 Å². The zero-order valence-electron chi connectivity index (χ0n) is 19.9. The van der Waals surface area contributed by atoms with Crippen molar-refractivity contribution in [2.24, 2.45) is 5.92 Å². The molecule has 0 aliphatic heterocycles. The molecule has 0 N–H and O–H groups in total. The second-order valence-electron chi connectivity index (χ2n) is 9.31. The number of nitrogens with zero attached hydrogens (tertiary/aromatic N) is 3. The van der Waals surface area contributed by atoms with Crippen molar-refractivity contribution in [3.05, 3.63) is 69.1 Å². The molecule has 5 nitrogen and oxygen atoms in total.